The average Bonchev–Trinajstić information content (AvgIpc) is 2.77. The molecule has 0 fully saturated rings. The minimum atomic E-state index is 0.766. The van der Waals surface area contributed by atoms with Gasteiger partial charge in [-0.25, -0.2) is 9.98 Å². The van der Waals surface area contributed by atoms with Gasteiger partial charge in [-0.15, -0.1) is 0 Å². The van der Waals surface area contributed by atoms with Crippen molar-refractivity contribution in [2.75, 3.05) is 7.11 Å². The van der Waals surface area contributed by atoms with Gasteiger partial charge in [0.1, 0.15) is 17.1 Å². The van der Waals surface area contributed by atoms with Crippen LogP contribution in [-0.2, 0) is 7.05 Å². The van der Waals surface area contributed by atoms with Gasteiger partial charge in [0.25, 0.3) is 0 Å². The summed E-state index contributed by atoms with van der Waals surface area (Å²) >= 11 is 0. The van der Waals surface area contributed by atoms with Crippen molar-refractivity contribution in [3.05, 3.63) is 42.5 Å². The average molecular weight is 229 g/mol. The van der Waals surface area contributed by atoms with Crippen LogP contribution >= 0.6 is 0 Å². The Kier molecular flexibility index (Phi) is 3.23. The summed E-state index contributed by atoms with van der Waals surface area (Å²) < 4.78 is 7.15. The van der Waals surface area contributed by atoms with Crippen LogP contribution in [0.2, 0.25) is 0 Å². The maximum Gasteiger partial charge on any atom is 0.144 e. The third-order valence-corrected chi connectivity index (χ3v) is 2.45. The number of hydrogen-bond donors (Lipinski definition) is 0. The van der Waals surface area contributed by atoms with E-state index in [1.807, 2.05) is 49.0 Å². The standard InChI is InChI=1S/C13H15N3O/c1-10(12-8-16(2)9-14-12)15-11-6-4-5-7-13(11)17-3/h4-9H,1-3H3. The van der Waals surface area contributed by atoms with Crippen LogP contribution in [0.3, 0.4) is 0 Å². The van der Waals surface area contributed by atoms with Crippen molar-refractivity contribution < 1.29 is 4.74 Å². The lowest BCUT2D eigenvalue weighted by molar-refractivity contribution is 0.416. The Bertz CT molecular complexity index is 543. The second-order valence-electron chi connectivity index (χ2n) is 3.79. The molecule has 2 rings (SSSR count). The topological polar surface area (TPSA) is 39.4 Å². The third-order valence-electron chi connectivity index (χ3n) is 2.45. The summed E-state index contributed by atoms with van der Waals surface area (Å²) in [6, 6.07) is 7.68. The first-order valence-corrected chi connectivity index (χ1v) is 5.37. The number of benzene rings is 1. The Morgan fingerprint density at radius 3 is 2.76 bits per heavy atom. The van der Waals surface area contributed by atoms with Gasteiger partial charge in [-0.2, -0.15) is 0 Å². The van der Waals surface area contributed by atoms with Crippen LogP contribution in [0, 0.1) is 0 Å². The number of hydrogen-bond acceptors (Lipinski definition) is 3. The summed E-state index contributed by atoms with van der Waals surface area (Å²) in [7, 11) is 3.58. The van der Waals surface area contributed by atoms with Gasteiger partial charge in [0.2, 0.25) is 0 Å². The number of para-hydroxylation sites is 2. The van der Waals surface area contributed by atoms with Crippen molar-refractivity contribution in [3.8, 4) is 5.75 Å². The van der Waals surface area contributed by atoms with Gasteiger partial charge in [0, 0.05) is 13.2 Å². The molecule has 88 valence electrons. The lowest BCUT2D eigenvalue weighted by atomic mass is 10.2. The van der Waals surface area contributed by atoms with Crippen LogP contribution in [0.25, 0.3) is 0 Å². The Labute approximate surface area is 101 Å². The zero-order chi connectivity index (χ0) is 12.3. The fourth-order valence-electron chi connectivity index (χ4n) is 1.56. The molecule has 0 spiro atoms. The van der Waals surface area contributed by atoms with E-state index in [0.717, 1.165) is 22.8 Å². The van der Waals surface area contributed by atoms with Crippen LogP contribution in [-0.4, -0.2) is 22.4 Å². The summed E-state index contributed by atoms with van der Waals surface area (Å²) in [5.74, 6) is 0.766. The highest BCUT2D eigenvalue weighted by Gasteiger charge is 2.04. The lowest BCUT2D eigenvalue weighted by Crippen LogP contribution is -1.94. The van der Waals surface area contributed by atoms with E-state index in [1.165, 1.54) is 0 Å². The normalized spacial score (nSPS) is 11.6. The fourth-order valence-corrected chi connectivity index (χ4v) is 1.56. The molecule has 0 atom stereocenters. The first kappa shape index (κ1) is 11.4. The number of rotatable bonds is 3. The summed E-state index contributed by atoms with van der Waals surface area (Å²) in [6.07, 6.45) is 3.70. The van der Waals surface area contributed by atoms with Crippen molar-refractivity contribution in [2.45, 2.75) is 6.92 Å². The van der Waals surface area contributed by atoms with E-state index >= 15 is 0 Å². The van der Waals surface area contributed by atoms with E-state index < -0.39 is 0 Å². The number of imidazole rings is 1. The maximum atomic E-state index is 5.25. The number of ether oxygens (including phenoxy) is 1. The largest absolute Gasteiger partial charge is 0.494 e. The van der Waals surface area contributed by atoms with Crippen LogP contribution in [0.5, 0.6) is 5.75 Å². The maximum absolute atomic E-state index is 5.25. The molecular formula is C13H15N3O. The van der Waals surface area contributed by atoms with Crippen LogP contribution in [0.1, 0.15) is 12.6 Å². The quantitative estimate of drug-likeness (QED) is 0.759. The lowest BCUT2D eigenvalue weighted by Gasteiger charge is -2.04. The van der Waals surface area contributed by atoms with Crippen LogP contribution in [0.4, 0.5) is 5.69 Å². The van der Waals surface area contributed by atoms with Crippen molar-refractivity contribution in [3.63, 3.8) is 0 Å². The zero-order valence-corrected chi connectivity index (χ0v) is 10.2. The van der Waals surface area contributed by atoms with Crippen LogP contribution < -0.4 is 4.74 Å². The molecule has 0 saturated heterocycles. The number of methoxy groups -OCH3 is 1. The molecule has 17 heavy (non-hydrogen) atoms. The molecule has 0 bridgehead atoms. The van der Waals surface area contributed by atoms with E-state index in [0.29, 0.717) is 0 Å². The number of nitrogens with zero attached hydrogens (tertiary/aromatic N) is 3. The fraction of sp³-hybridized carbons (Fsp3) is 0.231. The van der Waals surface area contributed by atoms with Gasteiger partial charge in [0.05, 0.1) is 19.1 Å². The Morgan fingerprint density at radius 1 is 1.35 bits per heavy atom. The Hall–Kier alpha value is -2.10. The van der Waals surface area contributed by atoms with Crippen molar-refractivity contribution in [1.29, 1.82) is 0 Å². The zero-order valence-electron chi connectivity index (χ0n) is 10.2. The Morgan fingerprint density at radius 2 is 2.12 bits per heavy atom. The van der Waals surface area contributed by atoms with Gasteiger partial charge in [0.15, 0.2) is 0 Å². The number of aryl methyl sites for hydroxylation is 1. The van der Waals surface area contributed by atoms with E-state index in [9.17, 15) is 0 Å². The summed E-state index contributed by atoms with van der Waals surface area (Å²) in [4.78, 5) is 8.79. The molecule has 0 aliphatic heterocycles. The second kappa shape index (κ2) is 4.82. The first-order valence-electron chi connectivity index (χ1n) is 5.37. The minimum absolute atomic E-state index is 0.766. The molecule has 0 aliphatic carbocycles. The Balaban J connectivity index is 2.35. The SMILES string of the molecule is COc1ccccc1N=C(C)c1cn(C)cn1. The number of aromatic nitrogens is 2. The van der Waals surface area contributed by atoms with Gasteiger partial charge in [-0.05, 0) is 19.1 Å². The molecule has 1 aromatic carbocycles. The molecule has 1 aromatic heterocycles. The molecule has 0 saturated carbocycles. The molecule has 0 unspecified atom stereocenters. The predicted octanol–water partition coefficient (Wildman–Crippen LogP) is 2.57. The molecule has 4 nitrogen and oxygen atoms in total. The predicted molar refractivity (Wildman–Crippen MR) is 68.1 cm³/mol. The molecule has 0 radical (unpaired) electrons. The molecular weight excluding hydrogens is 214 g/mol. The molecule has 0 aliphatic rings. The van der Waals surface area contributed by atoms with E-state index in [2.05, 4.69) is 9.98 Å². The monoisotopic (exact) mass is 229 g/mol. The molecule has 4 heteroatoms. The summed E-state index contributed by atoms with van der Waals surface area (Å²) in [5, 5.41) is 0. The van der Waals surface area contributed by atoms with Crippen LogP contribution in [0.15, 0.2) is 41.8 Å². The summed E-state index contributed by atoms with van der Waals surface area (Å²) in [5.41, 5.74) is 2.56. The van der Waals surface area contributed by atoms with Gasteiger partial charge < -0.3 is 9.30 Å². The van der Waals surface area contributed by atoms with Gasteiger partial charge in [-0.1, -0.05) is 12.1 Å². The van der Waals surface area contributed by atoms with Crippen molar-refractivity contribution >= 4 is 11.4 Å². The highest BCUT2D eigenvalue weighted by Crippen LogP contribution is 2.26. The molecule has 0 amide bonds. The molecule has 1 heterocycles. The molecule has 2 aromatic rings. The van der Waals surface area contributed by atoms with Crippen molar-refractivity contribution in [2.24, 2.45) is 12.0 Å². The smallest absolute Gasteiger partial charge is 0.144 e. The third kappa shape index (κ3) is 2.53. The second-order valence-corrected chi connectivity index (χ2v) is 3.79. The first-order chi connectivity index (χ1) is 8.20. The van der Waals surface area contributed by atoms with E-state index in [4.69, 9.17) is 4.74 Å². The summed E-state index contributed by atoms with van der Waals surface area (Å²) in [6.45, 7) is 1.94. The van der Waals surface area contributed by atoms with Gasteiger partial charge in [-0.3, -0.25) is 0 Å². The highest BCUT2D eigenvalue weighted by molar-refractivity contribution is 5.98. The minimum Gasteiger partial charge on any atom is -0.494 e. The van der Waals surface area contributed by atoms with Crippen molar-refractivity contribution in [1.82, 2.24) is 9.55 Å². The van der Waals surface area contributed by atoms with E-state index in [1.54, 1.807) is 13.4 Å². The highest BCUT2D eigenvalue weighted by atomic mass is 16.5. The van der Waals surface area contributed by atoms with Gasteiger partial charge >= 0.3 is 0 Å². The number of aliphatic imine (C=N–C) groups is 1. The van der Waals surface area contributed by atoms with E-state index in [-0.39, 0.29) is 0 Å². The molecule has 0 N–H and O–H groups in total.